The summed E-state index contributed by atoms with van der Waals surface area (Å²) in [5.74, 6) is 0.570. The zero-order valence-electron chi connectivity index (χ0n) is 10.00. The van der Waals surface area contributed by atoms with Gasteiger partial charge in [-0.25, -0.2) is 0 Å². The molecule has 7 heteroatoms. The normalized spacial score (nSPS) is 10.8. The van der Waals surface area contributed by atoms with E-state index in [1.807, 2.05) is 31.4 Å². The van der Waals surface area contributed by atoms with Crippen LogP contribution in [0.4, 0.5) is 6.01 Å². The summed E-state index contributed by atoms with van der Waals surface area (Å²) in [4.78, 5) is 1.88. The Kier molecular flexibility index (Phi) is 3.38. The van der Waals surface area contributed by atoms with Crippen molar-refractivity contribution in [2.45, 2.75) is 13.0 Å². The third kappa shape index (κ3) is 2.82. The Labute approximate surface area is 99.2 Å². The van der Waals surface area contributed by atoms with Gasteiger partial charge in [-0.3, -0.25) is 4.68 Å². The average molecular weight is 236 g/mol. The third-order valence-corrected chi connectivity index (χ3v) is 2.32. The number of nitrogens with two attached hydrogens (primary N) is 1. The molecule has 0 aromatic carbocycles. The highest BCUT2D eigenvalue weighted by atomic mass is 16.4. The van der Waals surface area contributed by atoms with Gasteiger partial charge < -0.3 is 15.1 Å². The van der Waals surface area contributed by atoms with E-state index >= 15 is 0 Å². The lowest BCUT2D eigenvalue weighted by Crippen LogP contribution is -2.16. The van der Waals surface area contributed by atoms with Crippen LogP contribution in [0.3, 0.4) is 0 Å². The van der Waals surface area contributed by atoms with Crippen molar-refractivity contribution in [3.05, 3.63) is 23.8 Å². The van der Waals surface area contributed by atoms with Crippen LogP contribution < -0.4 is 10.6 Å². The molecule has 0 fully saturated rings. The minimum absolute atomic E-state index is 0.498. The minimum atomic E-state index is 0.498. The Balaban J connectivity index is 2.01. The van der Waals surface area contributed by atoms with E-state index < -0.39 is 0 Å². The predicted molar refractivity (Wildman–Crippen MR) is 62.4 cm³/mol. The first-order valence-electron chi connectivity index (χ1n) is 5.40. The van der Waals surface area contributed by atoms with Crippen molar-refractivity contribution in [2.75, 3.05) is 18.5 Å². The summed E-state index contributed by atoms with van der Waals surface area (Å²) in [6.45, 7) is 1.19. The molecule has 7 nitrogen and oxygen atoms in total. The highest BCUT2D eigenvalue weighted by molar-refractivity contribution is 5.24. The van der Waals surface area contributed by atoms with Crippen molar-refractivity contribution >= 4 is 6.01 Å². The number of aryl methyl sites for hydroxylation is 1. The maximum absolute atomic E-state index is 5.46. The Hall–Kier alpha value is -1.89. The van der Waals surface area contributed by atoms with E-state index in [9.17, 15) is 0 Å². The first-order chi connectivity index (χ1) is 8.19. The lowest BCUT2D eigenvalue weighted by molar-refractivity contribution is 0.489. The summed E-state index contributed by atoms with van der Waals surface area (Å²) >= 11 is 0. The van der Waals surface area contributed by atoms with E-state index in [1.54, 1.807) is 4.68 Å². The van der Waals surface area contributed by atoms with Gasteiger partial charge in [0.1, 0.15) is 0 Å². The van der Waals surface area contributed by atoms with Crippen LogP contribution in [0.2, 0.25) is 0 Å². The second-order valence-electron chi connectivity index (χ2n) is 3.90. The highest BCUT2D eigenvalue weighted by Crippen LogP contribution is 2.13. The van der Waals surface area contributed by atoms with Crippen LogP contribution in [-0.2, 0) is 20.0 Å². The molecule has 0 aliphatic rings. The van der Waals surface area contributed by atoms with E-state index in [4.69, 9.17) is 10.2 Å². The van der Waals surface area contributed by atoms with Crippen LogP contribution in [0.15, 0.2) is 16.8 Å². The number of anilines is 1. The van der Waals surface area contributed by atoms with Crippen LogP contribution in [0.1, 0.15) is 11.5 Å². The third-order valence-electron chi connectivity index (χ3n) is 2.32. The van der Waals surface area contributed by atoms with Crippen LogP contribution in [0.5, 0.6) is 0 Å². The number of nitrogens with zero attached hydrogens (tertiary/aromatic N) is 5. The summed E-state index contributed by atoms with van der Waals surface area (Å²) in [6, 6.07) is 0.498. The molecule has 17 heavy (non-hydrogen) atoms. The zero-order valence-corrected chi connectivity index (χ0v) is 10.00. The average Bonchev–Trinajstić information content (AvgIpc) is 2.88. The van der Waals surface area contributed by atoms with E-state index in [2.05, 4.69) is 15.3 Å². The lowest BCUT2D eigenvalue weighted by atomic mass is 10.3. The molecule has 92 valence electrons. The molecule has 2 heterocycles. The molecular formula is C10H16N6O. The number of rotatable bonds is 5. The molecule has 0 atom stereocenters. The van der Waals surface area contributed by atoms with E-state index in [0.717, 1.165) is 5.56 Å². The van der Waals surface area contributed by atoms with Crippen molar-refractivity contribution in [3.63, 3.8) is 0 Å². The quantitative estimate of drug-likeness (QED) is 0.782. The summed E-state index contributed by atoms with van der Waals surface area (Å²) < 4.78 is 7.22. The Bertz CT molecular complexity index is 477. The molecule has 0 aliphatic carbocycles. The van der Waals surface area contributed by atoms with Gasteiger partial charge in [0.2, 0.25) is 5.89 Å². The molecule has 0 radical (unpaired) electrons. The van der Waals surface area contributed by atoms with Gasteiger partial charge in [-0.2, -0.15) is 5.10 Å². The lowest BCUT2D eigenvalue weighted by Gasteiger charge is -2.11. The molecule has 2 rings (SSSR count). The monoisotopic (exact) mass is 236 g/mol. The molecule has 0 saturated carbocycles. The van der Waals surface area contributed by atoms with Gasteiger partial charge in [0.15, 0.2) is 0 Å². The molecule has 0 saturated heterocycles. The second-order valence-corrected chi connectivity index (χ2v) is 3.90. The van der Waals surface area contributed by atoms with E-state index in [0.29, 0.717) is 31.4 Å². The fourth-order valence-corrected chi connectivity index (χ4v) is 1.52. The first-order valence-corrected chi connectivity index (χ1v) is 5.40. The van der Waals surface area contributed by atoms with Crippen LogP contribution in [-0.4, -0.2) is 33.6 Å². The number of hydrogen-bond acceptors (Lipinski definition) is 6. The molecule has 0 bridgehead atoms. The second kappa shape index (κ2) is 4.96. The van der Waals surface area contributed by atoms with Crippen molar-refractivity contribution in [2.24, 2.45) is 12.8 Å². The summed E-state index contributed by atoms with van der Waals surface area (Å²) in [5.41, 5.74) is 6.51. The molecule has 2 aromatic rings. The molecule has 0 unspecified atom stereocenters. The number of hydrogen-bond donors (Lipinski definition) is 1. The van der Waals surface area contributed by atoms with Crippen LogP contribution in [0, 0.1) is 0 Å². The summed E-state index contributed by atoms with van der Waals surface area (Å²) in [7, 11) is 3.78. The van der Waals surface area contributed by atoms with Crippen molar-refractivity contribution < 1.29 is 4.42 Å². The standard InChI is InChI=1S/C10H16N6O/c1-15(6-8-5-12-16(2)7-8)10-14-13-9(17-10)3-4-11/h5,7H,3-4,6,11H2,1-2H3. The van der Waals surface area contributed by atoms with Gasteiger partial charge >= 0.3 is 6.01 Å². The van der Waals surface area contributed by atoms with Gasteiger partial charge in [-0.05, 0) is 0 Å². The summed E-state index contributed by atoms with van der Waals surface area (Å²) in [6.07, 6.45) is 4.37. The van der Waals surface area contributed by atoms with Gasteiger partial charge in [-0.1, -0.05) is 5.10 Å². The number of aromatic nitrogens is 4. The van der Waals surface area contributed by atoms with Crippen LogP contribution >= 0.6 is 0 Å². The van der Waals surface area contributed by atoms with Gasteiger partial charge in [0, 0.05) is 38.8 Å². The van der Waals surface area contributed by atoms with Crippen molar-refractivity contribution in [1.82, 2.24) is 20.0 Å². The van der Waals surface area contributed by atoms with Gasteiger partial charge in [0.05, 0.1) is 12.7 Å². The largest absolute Gasteiger partial charge is 0.408 e. The fourth-order valence-electron chi connectivity index (χ4n) is 1.52. The van der Waals surface area contributed by atoms with Crippen molar-refractivity contribution in [3.8, 4) is 0 Å². The van der Waals surface area contributed by atoms with Crippen LogP contribution in [0.25, 0.3) is 0 Å². The predicted octanol–water partition coefficient (Wildman–Crippen LogP) is -0.0593. The maximum atomic E-state index is 5.46. The highest BCUT2D eigenvalue weighted by Gasteiger charge is 2.11. The molecule has 0 amide bonds. The topological polar surface area (TPSA) is 86.0 Å². The first kappa shape index (κ1) is 11.6. The minimum Gasteiger partial charge on any atom is -0.408 e. The molecular weight excluding hydrogens is 220 g/mol. The molecule has 2 aromatic heterocycles. The van der Waals surface area contributed by atoms with Gasteiger partial charge in [0.25, 0.3) is 0 Å². The molecule has 0 spiro atoms. The fraction of sp³-hybridized carbons (Fsp3) is 0.500. The maximum Gasteiger partial charge on any atom is 0.318 e. The SMILES string of the molecule is CN(Cc1cnn(C)c1)c1nnc(CCN)o1. The zero-order chi connectivity index (χ0) is 12.3. The summed E-state index contributed by atoms with van der Waals surface area (Å²) in [5, 5.41) is 12.0. The van der Waals surface area contributed by atoms with Crippen molar-refractivity contribution in [1.29, 1.82) is 0 Å². The van der Waals surface area contributed by atoms with E-state index in [-0.39, 0.29) is 0 Å². The van der Waals surface area contributed by atoms with E-state index in [1.165, 1.54) is 0 Å². The Morgan fingerprint density at radius 1 is 1.47 bits per heavy atom. The van der Waals surface area contributed by atoms with Gasteiger partial charge in [-0.15, -0.1) is 5.10 Å². The smallest absolute Gasteiger partial charge is 0.318 e. The Morgan fingerprint density at radius 3 is 2.94 bits per heavy atom. The Morgan fingerprint density at radius 2 is 2.29 bits per heavy atom. The molecule has 2 N–H and O–H groups in total. The molecule has 0 aliphatic heterocycles.